The lowest BCUT2D eigenvalue weighted by Gasteiger charge is -2.40. The van der Waals surface area contributed by atoms with Crippen LogP contribution in [0, 0.1) is 5.82 Å². The van der Waals surface area contributed by atoms with Crippen LogP contribution in [-0.2, 0) is 17.9 Å². The van der Waals surface area contributed by atoms with Gasteiger partial charge in [-0.05, 0) is 43.7 Å². The van der Waals surface area contributed by atoms with Crippen molar-refractivity contribution in [1.82, 2.24) is 34.5 Å². The number of hydrogen-bond acceptors (Lipinski definition) is 5. The molecule has 2 amide bonds. The quantitative estimate of drug-likeness (QED) is 0.458. The van der Waals surface area contributed by atoms with E-state index in [1.54, 1.807) is 43.1 Å². The molecule has 1 N–H and O–H groups in total. The van der Waals surface area contributed by atoms with Crippen LogP contribution in [0.25, 0.3) is 22.2 Å². The molecule has 3 aromatic heterocycles. The van der Waals surface area contributed by atoms with E-state index in [0.29, 0.717) is 37.4 Å². The number of rotatable bonds is 5. The largest absolute Gasteiger partial charge is 0.352 e. The molecule has 0 spiro atoms. The van der Waals surface area contributed by atoms with E-state index >= 15 is 0 Å². The minimum Gasteiger partial charge on any atom is -0.352 e. The van der Waals surface area contributed by atoms with E-state index in [-0.39, 0.29) is 22.5 Å². The Morgan fingerprint density at radius 3 is 2.80 bits per heavy atom. The van der Waals surface area contributed by atoms with Crippen LogP contribution in [0.15, 0.2) is 49.2 Å². The highest BCUT2D eigenvalue weighted by atomic mass is 35.5. The molecule has 9 nitrogen and oxygen atoms in total. The number of benzene rings is 1. The van der Waals surface area contributed by atoms with Gasteiger partial charge in [0.15, 0.2) is 0 Å². The Balaban J connectivity index is 1.58. The SMILES string of the molecule is CC1(C)C(=O)NCCN1C(=O)c1ccc2c(-c3ccc(Cl)c(F)c3)cn(CCn3cncn3)c2n1. The standard InChI is InChI=1S/C24H23ClFN7O2/c1-24(2)23(35)28-7-8-33(24)22(34)20-6-4-16-17(15-3-5-18(25)19(26)11-15)12-31(21(16)30-20)9-10-32-14-27-13-29-32/h3-6,11-14H,7-10H2,1-2H3,(H,28,35). The lowest BCUT2D eigenvalue weighted by Crippen LogP contribution is -2.63. The van der Waals surface area contributed by atoms with E-state index in [0.717, 1.165) is 10.9 Å². The van der Waals surface area contributed by atoms with Crippen molar-refractivity contribution in [2.45, 2.75) is 32.5 Å². The number of aryl methyl sites for hydroxylation is 2. The summed E-state index contributed by atoms with van der Waals surface area (Å²) in [4.78, 5) is 36.0. The smallest absolute Gasteiger partial charge is 0.273 e. The molecule has 0 radical (unpaired) electrons. The predicted molar refractivity (Wildman–Crippen MR) is 128 cm³/mol. The number of carbonyl (C=O) groups is 2. The number of nitrogens with zero attached hydrogens (tertiary/aromatic N) is 6. The molecular weight excluding hydrogens is 473 g/mol. The summed E-state index contributed by atoms with van der Waals surface area (Å²) in [5, 5.41) is 7.74. The Bertz CT molecular complexity index is 1430. The highest BCUT2D eigenvalue weighted by Crippen LogP contribution is 2.32. The number of piperazine rings is 1. The molecule has 4 aromatic rings. The third-order valence-electron chi connectivity index (χ3n) is 6.31. The van der Waals surface area contributed by atoms with Crippen molar-refractivity contribution in [3.63, 3.8) is 0 Å². The lowest BCUT2D eigenvalue weighted by atomic mass is 9.98. The maximum Gasteiger partial charge on any atom is 0.273 e. The average molecular weight is 496 g/mol. The summed E-state index contributed by atoms with van der Waals surface area (Å²) in [7, 11) is 0. The van der Waals surface area contributed by atoms with Gasteiger partial charge < -0.3 is 14.8 Å². The summed E-state index contributed by atoms with van der Waals surface area (Å²) < 4.78 is 17.8. The first-order valence-corrected chi connectivity index (χ1v) is 11.5. The minimum atomic E-state index is -0.993. The maximum absolute atomic E-state index is 14.2. The molecule has 5 rings (SSSR count). The fraction of sp³-hybridized carbons (Fsp3) is 0.292. The fourth-order valence-electron chi connectivity index (χ4n) is 4.30. The van der Waals surface area contributed by atoms with E-state index in [2.05, 4.69) is 15.4 Å². The molecule has 0 atom stereocenters. The van der Waals surface area contributed by atoms with Crippen molar-refractivity contribution in [2.75, 3.05) is 13.1 Å². The zero-order valence-electron chi connectivity index (χ0n) is 19.2. The van der Waals surface area contributed by atoms with E-state index < -0.39 is 11.4 Å². The second-order valence-electron chi connectivity index (χ2n) is 8.86. The second-order valence-corrected chi connectivity index (χ2v) is 9.27. The molecule has 35 heavy (non-hydrogen) atoms. The average Bonchev–Trinajstić information content (AvgIpc) is 3.48. The van der Waals surface area contributed by atoms with Crippen LogP contribution in [0.2, 0.25) is 5.02 Å². The third kappa shape index (κ3) is 4.14. The van der Waals surface area contributed by atoms with Crippen molar-refractivity contribution < 1.29 is 14.0 Å². The highest BCUT2D eigenvalue weighted by molar-refractivity contribution is 6.30. The fourth-order valence-corrected chi connectivity index (χ4v) is 4.42. The van der Waals surface area contributed by atoms with Gasteiger partial charge in [0.25, 0.3) is 5.91 Å². The second kappa shape index (κ2) is 8.77. The van der Waals surface area contributed by atoms with Crippen LogP contribution in [-0.4, -0.2) is 59.7 Å². The molecule has 4 heterocycles. The normalized spacial score (nSPS) is 15.4. The van der Waals surface area contributed by atoms with Crippen molar-refractivity contribution >= 4 is 34.4 Å². The van der Waals surface area contributed by atoms with Crippen LogP contribution < -0.4 is 5.32 Å². The number of hydrogen-bond donors (Lipinski definition) is 1. The van der Waals surface area contributed by atoms with E-state index in [4.69, 9.17) is 16.6 Å². The van der Waals surface area contributed by atoms with Gasteiger partial charge in [-0.1, -0.05) is 17.7 Å². The number of amides is 2. The van der Waals surface area contributed by atoms with Crippen LogP contribution in [0.4, 0.5) is 4.39 Å². The molecule has 1 aliphatic rings. The third-order valence-corrected chi connectivity index (χ3v) is 6.61. The monoisotopic (exact) mass is 495 g/mol. The van der Waals surface area contributed by atoms with Crippen LogP contribution in [0.1, 0.15) is 24.3 Å². The van der Waals surface area contributed by atoms with Crippen LogP contribution in [0.5, 0.6) is 0 Å². The van der Waals surface area contributed by atoms with Gasteiger partial charge in [0.2, 0.25) is 5.91 Å². The summed E-state index contributed by atoms with van der Waals surface area (Å²) in [6.07, 6.45) is 4.96. The molecule has 11 heteroatoms. The van der Waals surface area contributed by atoms with Gasteiger partial charge in [-0.2, -0.15) is 5.10 Å². The molecule has 180 valence electrons. The predicted octanol–water partition coefficient (Wildman–Crippen LogP) is 3.14. The van der Waals surface area contributed by atoms with Crippen molar-refractivity contribution in [3.05, 3.63) is 65.7 Å². The zero-order chi connectivity index (χ0) is 24.7. The first-order valence-electron chi connectivity index (χ1n) is 11.1. The zero-order valence-corrected chi connectivity index (χ0v) is 20.0. The summed E-state index contributed by atoms with van der Waals surface area (Å²) >= 11 is 5.88. The summed E-state index contributed by atoms with van der Waals surface area (Å²) in [5.74, 6) is -1.05. The Hall–Kier alpha value is -3.79. The first-order chi connectivity index (χ1) is 16.8. The van der Waals surface area contributed by atoms with Crippen molar-refractivity contribution in [2.24, 2.45) is 0 Å². The van der Waals surface area contributed by atoms with Crippen molar-refractivity contribution in [1.29, 1.82) is 0 Å². The van der Waals surface area contributed by atoms with Gasteiger partial charge in [-0.15, -0.1) is 0 Å². The van der Waals surface area contributed by atoms with Gasteiger partial charge >= 0.3 is 0 Å². The molecule has 0 saturated carbocycles. The lowest BCUT2D eigenvalue weighted by molar-refractivity contribution is -0.133. The topological polar surface area (TPSA) is 97.9 Å². The number of pyridine rings is 1. The van der Waals surface area contributed by atoms with Gasteiger partial charge in [0, 0.05) is 36.8 Å². The Morgan fingerprint density at radius 2 is 2.06 bits per heavy atom. The highest BCUT2D eigenvalue weighted by Gasteiger charge is 2.41. The van der Waals surface area contributed by atoms with Crippen LogP contribution in [0.3, 0.4) is 0 Å². The number of carbonyl (C=O) groups excluding carboxylic acids is 2. The molecule has 1 aliphatic heterocycles. The summed E-state index contributed by atoms with van der Waals surface area (Å²) in [6.45, 7) is 5.23. The molecule has 0 unspecified atom stereocenters. The van der Waals surface area contributed by atoms with E-state index in [1.807, 2.05) is 10.8 Å². The van der Waals surface area contributed by atoms with Gasteiger partial charge in [0.1, 0.15) is 35.4 Å². The van der Waals surface area contributed by atoms with Crippen LogP contribution >= 0.6 is 11.6 Å². The molecule has 0 bridgehead atoms. The van der Waals surface area contributed by atoms with E-state index in [9.17, 15) is 14.0 Å². The number of fused-ring (bicyclic) bond motifs is 1. The number of aromatic nitrogens is 5. The number of halogens is 2. The first kappa shape index (κ1) is 23.0. The Labute approximate surface area is 205 Å². The molecule has 1 saturated heterocycles. The summed E-state index contributed by atoms with van der Waals surface area (Å²) in [5.41, 5.74) is 1.21. The van der Waals surface area contributed by atoms with Crippen molar-refractivity contribution in [3.8, 4) is 11.1 Å². The summed E-state index contributed by atoms with van der Waals surface area (Å²) in [6, 6.07) is 8.09. The van der Waals surface area contributed by atoms with E-state index in [1.165, 1.54) is 23.4 Å². The number of nitrogens with one attached hydrogen (secondary N) is 1. The molecule has 0 aliphatic carbocycles. The molecular formula is C24H23ClFN7O2. The van der Waals surface area contributed by atoms with Gasteiger partial charge in [0.05, 0.1) is 11.6 Å². The Morgan fingerprint density at radius 1 is 1.23 bits per heavy atom. The molecule has 1 fully saturated rings. The minimum absolute atomic E-state index is 0.0443. The van der Waals surface area contributed by atoms with Gasteiger partial charge in [-0.3, -0.25) is 14.3 Å². The Kier molecular flexibility index (Phi) is 5.76. The van der Waals surface area contributed by atoms with Gasteiger partial charge in [-0.25, -0.2) is 14.4 Å². The maximum atomic E-state index is 14.2. The molecule has 1 aromatic carbocycles.